The van der Waals surface area contributed by atoms with Gasteiger partial charge in [-0.25, -0.2) is 0 Å². The fraction of sp³-hybridized carbons (Fsp3) is 0.333. The van der Waals surface area contributed by atoms with Crippen LogP contribution in [-0.2, 0) is 11.3 Å². The standard InChI is InChI=1S/C12H15NO2S/c1-9(13)12(11-5-2-6-14-11)15-8-10-4-3-7-16-10/h2-7,9,12H,8,13H2,1H3. The van der Waals surface area contributed by atoms with Crippen molar-refractivity contribution < 1.29 is 9.15 Å². The molecule has 0 aliphatic carbocycles. The lowest BCUT2D eigenvalue weighted by Gasteiger charge is -2.18. The lowest BCUT2D eigenvalue weighted by atomic mass is 10.1. The summed E-state index contributed by atoms with van der Waals surface area (Å²) < 4.78 is 11.1. The molecule has 2 unspecified atom stereocenters. The number of hydrogen-bond donors (Lipinski definition) is 1. The molecule has 3 nitrogen and oxygen atoms in total. The lowest BCUT2D eigenvalue weighted by molar-refractivity contribution is 0.0133. The second-order valence-corrected chi connectivity index (χ2v) is 4.72. The summed E-state index contributed by atoms with van der Waals surface area (Å²) in [6.45, 7) is 2.49. The largest absolute Gasteiger partial charge is 0.467 e. The highest BCUT2D eigenvalue weighted by Crippen LogP contribution is 2.23. The lowest BCUT2D eigenvalue weighted by Crippen LogP contribution is -2.26. The first-order chi connectivity index (χ1) is 7.77. The first-order valence-corrected chi connectivity index (χ1v) is 6.08. The Kier molecular flexibility index (Phi) is 3.77. The van der Waals surface area contributed by atoms with Crippen LogP contribution < -0.4 is 5.73 Å². The average molecular weight is 237 g/mol. The predicted molar refractivity (Wildman–Crippen MR) is 64.2 cm³/mol. The molecule has 0 saturated carbocycles. The van der Waals surface area contributed by atoms with E-state index in [0.717, 1.165) is 5.76 Å². The minimum Gasteiger partial charge on any atom is -0.467 e. The molecule has 2 heterocycles. The van der Waals surface area contributed by atoms with Crippen LogP contribution in [0.25, 0.3) is 0 Å². The first kappa shape index (κ1) is 11.4. The Balaban J connectivity index is 1.99. The molecule has 2 atom stereocenters. The highest BCUT2D eigenvalue weighted by Gasteiger charge is 2.19. The third-order valence-corrected chi connectivity index (χ3v) is 3.14. The van der Waals surface area contributed by atoms with Gasteiger partial charge < -0.3 is 14.9 Å². The van der Waals surface area contributed by atoms with Crippen LogP contribution in [0.5, 0.6) is 0 Å². The van der Waals surface area contributed by atoms with Gasteiger partial charge in [0.25, 0.3) is 0 Å². The molecule has 0 aliphatic heterocycles. The number of thiophene rings is 1. The normalized spacial score (nSPS) is 14.9. The maximum absolute atomic E-state index is 5.89. The van der Waals surface area contributed by atoms with Crippen molar-refractivity contribution in [3.8, 4) is 0 Å². The molecule has 86 valence electrons. The van der Waals surface area contributed by atoms with Crippen molar-refractivity contribution in [2.24, 2.45) is 5.73 Å². The van der Waals surface area contributed by atoms with Crippen molar-refractivity contribution in [2.45, 2.75) is 25.7 Å². The molecule has 0 bridgehead atoms. The van der Waals surface area contributed by atoms with E-state index in [9.17, 15) is 0 Å². The van der Waals surface area contributed by atoms with Gasteiger partial charge in [-0.05, 0) is 30.5 Å². The summed E-state index contributed by atoms with van der Waals surface area (Å²) in [5.74, 6) is 0.784. The molecule has 2 aromatic rings. The van der Waals surface area contributed by atoms with E-state index in [0.29, 0.717) is 6.61 Å². The van der Waals surface area contributed by atoms with Gasteiger partial charge in [0.15, 0.2) is 0 Å². The van der Waals surface area contributed by atoms with Gasteiger partial charge in [0.2, 0.25) is 0 Å². The molecule has 0 radical (unpaired) electrons. The Bertz CT molecular complexity index is 395. The second-order valence-electron chi connectivity index (χ2n) is 3.69. The third-order valence-electron chi connectivity index (χ3n) is 2.29. The van der Waals surface area contributed by atoms with Gasteiger partial charge >= 0.3 is 0 Å². The Labute approximate surface area is 98.8 Å². The van der Waals surface area contributed by atoms with Crippen LogP contribution in [0.3, 0.4) is 0 Å². The first-order valence-electron chi connectivity index (χ1n) is 5.20. The molecule has 0 spiro atoms. The van der Waals surface area contributed by atoms with Crippen LogP contribution in [0, 0.1) is 0 Å². The van der Waals surface area contributed by atoms with Crippen LogP contribution in [0.2, 0.25) is 0 Å². The van der Waals surface area contributed by atoms with Gasteiger partial charge in [-0.15, -0.1) is 11.3 Å². The maximum atomic E-state index is 5.89. The molecule has 0 saturated heterocycles. The van der Waals surface area contributed by atoms with E-state index in [2.05, 4.69) is 0 Å². The molecule has 16 heavy (non-hydrogen) atoms. The van der Waals surface area contributed by atoms with Crippen LogP contribution in [0.15, 0.2) is 40.3 Å². The van der Waals surface area contributed by atoms with E-state index in [1.165, 1.54) is 4.88 Å². The maximum Gasteiger partial charge on any atom is 0.134 e. The monoisotopic (exact) mass is 237 g/mol. The average Bonchev–Trinajstić information content (AvgIpc) is 2.88. The molecule has 2 rings (SSSR count). The summed E-state index contributed by atoms with van der Waals surface area (Å²) in [7, 11) is 0. The minimum atomic E-state index is -0.183. The zero-order valence-electron chi connectivity index (χ0n) is 9.13. The van der Waals surface area contributed by atoms with Gasteiger partial charge in [0, 0.05) is 10.9 Å². The molecule has 0 amide bonds. The van der Waals surface area contributed by atoms with Crippen molar-refractivity contribution in [1.29, 1.82) is 0 Å². The quantitative estimate of drug-likeness (QED) is 0.869. The molecule has 2 aromatic heterocycles. The van der Waals surface area contributed by atoms with Gasteiger partial charge in [0.1, 0.15) is 11.9 Å². The molecule has 2 N–H and O–H groups in total. The Morgan fingerprint density at radius 2 is 2.31 bits per heavy atom. The molecular formula is C12H15NO2S. The number of hydrogen-bond acceptors (Lipinski definition) is 4. The van der Waals surface area contributed by atoms with Crippen molar-refractivity contribution in [2.75, 3.05) is 0 Å². The number of ether oxygens (including phenoxy) is 1. The Morgan fingerprint density at radius 1 is 1.44 bits per heavy atom. The zero-order chi connectivity index (χ0) is 11.4. The Hall–Kier alpha value is -1.10. The third kappa shape index (κ3) is 2.72. The van der Waals surface area contributed by atoms with E-state index < -0.39 is 0 Å². The zero-order valence-corrected chi connectivity index (χ0v) is 9.94. The SMILES string of the molecule is CC(N)C(OCc1cccs1)c1ccco1. The molecule has 4 heteroatoms. The van der Waals surface area contributed by atoms with E-state index in [-0.39, 0.29) is 12.1 Å². The highest BCUT2D eigenvalue weighted by molar-refractivity contribution is 7.09. The summed E-state index contributed by atoms with van der Waals surface area (Å²) in [6, 6.07) is 7.70. The summed E-state index contributed by atoms with van der Waals surface area (Å²) in [5.41, 5.74) is 5.89. The molecule has 0 aliphatic rings. The van der Waals surface area contributed by atoms with Crippen molar-refractivity contribution in [3.05, 3.63) is 46.5 Å². The molecular weight excluding hydrogens is 222 g/mol. The van der Waals surface area contributed by atoms with Crippen molar-refractivity contribution in [3.63, 3.8) is 0 Å². The fourth-order valence-corrected chi connectivity index (χ4v) is 2.14. The van der Waals surface area contributed by atoms with Crippen LogP contribution in [0.4, 0.5) is 0 Å². The summed E-state index contributed by atoms with van der Waals surface area (Å²) >= 11 is 1.68. The van der Waals surface area contributed by atoms with Crippen molar-refractivity contribution >= 4 is 11.3 Å². The highest BCUT2D eigenvalue weighted by atomic mass is 32.1. The Morgan fingerprint density at radius 3 is 2.88 bits per heavy atom. The van der Waals surface area contributed by atoms with E-state index >= 15 is 0 Å². The van der Waals surface area contributed by atoms with Crippen molar-refractivity contribution in [1.82, 2.24) is 0 Å². The second kappa shape index (κ2) is 5.30. The summed E-state index contributed by atoms with van der Waals surface area (Å²) in [6.07, 6.45) is 1.45. The van der Waals surface area contributed by atoms with Gasteiger partial charge in [-0.3, -0.25) is 0 Å². The topological polar surface area (TPSA) is 48.4 Å². The van der Waals surface area contributed by atoms with Gasteiger partial charge in [-0.1, -0.05) is 6.07 Å². The van der Waals surface area contributed by atoms with Gasteiger partial charge in [-0.2, -0.15) is 0 Å². The molecule has 0 aromatic carbocycles. The van der Waals surface area contributed by atoms with E-state index in [1.54, 1.807) is 17.6 Å². The number of nitrogens with two attached hydrogens (primary N) is 1. The molecule has 0 fully saturated rings. The van der Waals surface area contributed by atoms with E-state index in [1.807, 2.05) is 36.6 Å². The van der Waals surface area contributed by atoms with Crippen LogP contribution in [0.1, 0.15) is 23.7 Å². The summed E-state index contributed by atoms with van der Waals surface area (Å²) in [4.78, 5) is 1.19. The van der Waals surface area contributed by atoms with Crippen LogP contribution >= 0.6 is 11.3 Å². The minimum absolute atomic E-state index is 0.0916. The smallest absolute Gasteiger partial charge is 0.134 e. The van der Waals surface area contributed by atoms with Crippen LogP contribution in [-0.4, -0.2) is 6.04 Å². The summed E-state index contributed by atoms with van der Waals surface area (Å²) in [5, 5.41) is 2.03. The fourth-order valence-electron chi connectivity index (χ4n) is 1.51. The van der Waals surface area contributed by atoms with E-state index in [4.69, 9.17) is 14.9 Å². The number of rotatable bonds is 5. The number of furan rings is 1. The predicted octanol–water partition coefficient (Wildman–Crippen LogP) is 2.95. The van der Waals surface area contributed by atoms with Gasteiger partial charge in [0.05, 0.1) is 12.9 Å².